The van der Waals surface area contributed by atoms with E-state index in [1.807, 2.05) is 31.2 Å². The smallest absolute Gasteiger partial charge is 0.137 e. The largest absolute Gasteiger partial charge is 0.489 e. The van der Waals surface area contributed by atoms with E-state index < -0.39 is 6.10 Å². The highest BCUT2D eigenvalue weighted by atomic mass is 16.5. The molecule has 0 fully saturated rings. The molecule has 0 saturated carbocycles. The Kier molecular flexibility index (Phi) is 4.39. The summed E-state index contributed by atoms with van der Waals surface area (Å²) in [7, 11) is 0. The van der Waals surface area contributed by atoms with Crippen molar-refractivity contribution >= 4 is 11.0 Å². The molecule has 1 atom stereocenters. The van der Waals surface area contributed by atoms with Gasteiger partial charge in [0.25, 0.3) is 0 Å². The molecule has 0 aliphatic heterocycles. The van der Waals surface area contributed by atoms with Gasteiger partial charge in [0.2, 0.25) is 0 Å². The van der Waals surface area contributed by atoms with E-state index in [0.29, 0.717) is 12.4 Å². The molecule has 1 N–H and O–H groups in total. The summed E-state index contributed by atoms with van der Waals surface area (Å²) in [4.78, 5) is 0. The number of aryl methyl sites for hydroxylation is 2. The standard InChI is InChI=1S/C20H22O3/c1-4-16-7-5-6-8-18(16)22-12-15-9-13(2)20-17(10-15)11-19(23-20)14(3)21/h5-11,14,21H,4,12H2,1-3H3. The van der Waals surface area contributed by atoms with Gasteiger partial charge >= 0.3 is 0 Å². The van der Waals surface area contributed by atoms with Crippen LogP contribution in [0.2, 0.25) is 0 Å². The van der Waals surface area contributed by atoms with Gasteiger partial charge in [-0.05, 0) is 61.2 Å². The highest BCUT2D eigenvalue weighted by Gasteiger charge is 2.12. The summed E-state index contributed by atoms with van der Waals surface area (Å²) in [5, 5.41) is 10.7. The van der Waals surface area contributed by atoms with Crippen LogP contribution in [0.1, 0.15) is 42.4 Å². The molecule has 1 heterocycles. The third-order valence-corrected chi connectivity index (χ3v) is 4.04. The topological polar surface area (TPSA) is 42.6 Å². The van der Waals surface area contributed by atoms with Crippen LogP contribution in [0.4, 0.5) is 0 Å². The van der Waals surface area contributed by atoms with Gasteiger partial charge in [-0.2, -0.15) is 0 Å². The average Bonchev–Trinajstić information content (AvgIpc) is 2.98. The van der Waals surface area contributed by atoms with Crippen LogP contribution in [0.3, 0.4) is 0 Å². The molecule has 1 aromatic heterocycles. The fraction of sp³-hybridized carbons (Fsp3) is 0.300. The SMILES string of the molecule is CCc1ccccc1OCc1cc(C)c2oc(C(C)O)cc2c1. The van der Waals surface area contributed by atoms with Gasteiger partial charge < -0.3 is 14.3 Å². The van der Waals surface area contributed by atoms with E-state index in [2.05, 4.69) is 25.1 Å². The summed E-state index contributed by atoms with van der Waals surface area (Å²) in [5.41, 5.74) is 4.19. The summed E-state index contributed by atoms with van der Waals surface area (Å²) in [5.74, 6) is 1.53. The number of fused-ring (bicyclic) bond motifs is 1. The Morgan fingerprint density at radius 2 is 1.96 bits per heavy atom. The van der Waals surface area contributed by atoms with Gasteiger partial charge in [-0.25, -0.2) is 0 Å². The van der Waals surface area contributed by atoms with Gasteiger partial charge in [-0.1, -0.05) is 25.1 Å². The first-order valence-electron chi connectivity index (χ1n) is 8.00. The van der Waals surface area contributed by atoms with Crippen LogP contribution in [-0.4, -0.2) is 5.11 Å². The van der Waals surface area contributed by atoms with Crippen molar-refractivity contribution < 1.29 is 14.3 Å². The first-order valence-corrected chi connectivity index (χ1v) is 8.00. The molecule has 0 spiro atoms. The third-order valence-electron chi connectivity index (χ3n) is 4.04. The third kappa shape index (κ3) is 3.25. The molecule has 0 saturated heterocycles. The van der Waals surface area contributed by atoms with E-state index >= 15 is 0 Å². The summed E-state index contributed by atoms with van der Waals surface area (Å²) in [6, 6.07) is 14.2. The van der Waals surface area contributed by atoms with Crippen LogP contribution in [0, 0.1) is 6.92 Å². The summed E-state index contributed by atoms with van der Waals surface area (Å²) in [6.45, 7) is 6.37. The summed E-state index contributed by atoms with van der Waals surface area (Å²) < 4.78 is 11.7. The molecule has 3 nitrogen and oxygen atoms in total. The number of ether oxygens (including phenoxy) is 1. The lowest BCUT2D eigenvalue weighted by Gasteiger charge is -2.11. The average molecular weight is 310 g/mol. The Bertz CT molecular complexity index is 815. The van der Waals surface area contributed by atoms with Crippen LogP contribution in [-0.2, 0) is 13.0 Å². The van der Waals surface area contributed by atoms with Gasteiger partial charge in [0.05, 0.1) is 0 Å². The van der Waals surface area contributed by atoms with Crippen molar-refractivity contribution in [1.29, 1.82) is 0 Å². The molecule has 0 radical (unpaired) electrons. The van der Waals surface area contributed by atoms with Crippen LogP contribution in [0.25, 0.3) is 11.0 Å². The fourth-order valence-electron chi connectivity index (χ4n) is 2.81. The van der Waals surface area contributed by atoms with E-state index in [4.69, 9.17) is 9.15 Å². The quantitative estimate of drug-likeness (QED) is 0.726. The van der Waals surface area contributed by atoms with Gasteiger partial charge in [0.15, 0.2) is 0 Å². The van der Waals surface area contributed by atoms with Crippen molar-refractivity contribution in [3.63, 3.8) is 0 Å². The maximum atomic E-state index is 9.68. The minimum absolute atomic E-state index is 0.517. The number of aliphatic hydroxyl groups is 1. The van der Waals surface area contributed by atoms with Gasteiger partial charge in [-0.3, -0.25) is 0 Å². The van der Waals surface area contributed by atoms with Crippen molar-refractivity contribution in [1.82, 2.24) is 0 Å². The second-order valence-electron chi connectivity index (χ2n) is 5.91. The Morgan fingerprint density at radius 1 is 1.17 bits per heavy atom. The lowest BCUT2D eigenvalue weighted by atomic mass is 10.1. The molecule has 0 aliphatic rings. The highest BCUT2D eigenvalue weighted by molar-refractivity contribution is 5.82. The number of para-hydroxylation sites is 1. The zero-order chi connectivity index (χ0) is 16.4. The van der Waals surface area contributed by atoms with Crippen molar-refractivity contribution in [3.8, 4) is 5.75 Å². The maximum absolute atomic E-state index is 9.68. The van der Waals surface area contributed by atoms with E-state index in [1.54, 1.807) is 6.92 Å². The number of aliphatic hydroxyl groups excluding tert-OH is 1. The monoisotopic (exact) mass is 310 g/mol. The molecule has 1 unspecified atom stereocenters. The van der Waals surface area contributed by atoms with Crippen LogP contribution < -0.4 is 4.74 Å². The highest BCUT2D eigenvalue weighted by Crippen LogP contribution is 2.28. The number of hydrogen-bond acceptors (Lipinski definition) is 3. The Hall–Kier alpha value is -2.26. The van der Waals surface area contributed by atoms with E-state index in [1.165, 1.54) is 5.56 Å². The molecular weight excluding hydrogens is 288 g/mol. The summed E-state index contributed by atoms with van der Waals surface area (Å²) >= 11 is 0. The molecule has 0 amide bonds. The number of benzene rings is 2. The van der Waals surface area contributed by atoms with Gasteiger partial charge in [-0.15, -0.1) is 0 Å². The Labute approximate surface area is 136 Å². The molecule has 120 valence electrons. The molecule has 23 heavy (non-hydrogen) atoms. The molecule has 2 aromatic carbocycles. The predicted octanol–water partition coefficient (Wildman–Crippen LogP) is 4.94. The van der Waals surface area contributed by atoms with Crippen LogP contribution in [0.5, 0.6) is 5.75 Å². The van der Waals surface area contributed by atoms with Crippen LogP contribution in [0.15, 0.2) is 46.9 Å². The van der Waals surface area contributed by atoms with E-state index in [-0.39, 0.29) is 0 Å². The second-order valence-corrected chi connectivity index (χ2v) is 5.91. The lowest BCUT2D eigenvalue weighted by Crippen LogP contribution is -1.98. The number of rotatable bonds is 5. The van der Waals surface area contributed by atoms with Crippen molar-refractivity contribution in [2.75, 3.05) is 0 Å². The van der Waals surface area contributed by atoms with E-state index in [9.17, 15) is 5.11 Å². The maximum Gasteiger partial charge on any atom is 0.137 e. The molecule has 3 rings (SSSR count). The van der Waals surface area contributed by atoms with Crippen molar-refractivity contribution in [2.24, 2.45) is 0 Å². The molecule has 0 aliphatic carbocycles. The normalized spacial score (nSPS) is 12.5. The molecule has 3 aromatic rings. The minimum atomic E-state index is -0.599. The Balaban J connectivity index is 1.85. The fourth-order valence-corrected chi connectivity index (χ4v) is 2.81. The molecular formula is C20H22O3. The van der Waals surface area contributed by atoms with Gasteiger partial charge in [0.1, 0.15) is 29.8 Å². The van der Waals surface area contributed by atoms with Crippen molar-refractivity contribution in [2.45, 2.75) is 39.9 Å². The van der Waals surface area contributed by atoms with Crippen LogP contribution >= 0.6 is 0 Å². The lowest BCUT2D eigenvalue weighted by molar-refractivity contribution is 0.172. The van der Waals surface area contributed by atoms with Gasteiger partial charge in [0, 0.05) is 5.39 Å². The molecule has 3 heteroatoms. The van der Waals surface area contributed by atoms with E-state index in [0.717, 1.165) is 34.3 Å². The second kappa shape index (κ2) is 6.47. The number of furan rings is 1. The summed E-state index contributed by atoms with van der Waals surface area (Å²) in [6.07, 6.45) is 0.353. The number of hydrogen-bond donors (Lipinski definition) is 1. The first-order chi connectivity index (χ1) is 11.1. The zero-order valence-electron chi connectivity index (χ0n) is 13.8. The molecule has 0 bridgehead atoms. The Morgan fingerprint density at radius 3 is 2.70 bits per heavy atom. The minimum Gasteiger partial charge on any atom is -0.489 e. The predicted molar refractivity (Wildman–Crippen MR) is 91.7 cm³/mol. The zero-order valence-corrected chi connectivity index (χ0v) is 13.8. The van der Waals surface area contributed by atoms with Crippen molar-refractivity contribution in [3.05, 3.63) is 64.9 Å². The first kappa shape index (κ1) is 15.6.